The lowest BCUT2D eigenvalue weighted by Crippen LogP contribution is -2.38. The third-order valence-corrected chi connectivity index (χ3v) is 7.82. The monoisotopic (exact) mass is 631 g/mol. The Bertz CT molecular complexity index is 1610. The van der Waals surface area contributed by atoms with Crippen LogP contribution >= 0.6 is 11.6 Å². The number of nitrogens with zero attached hydrogens (tertiary/aromatic N) is 2. The van der Waals surface area contributed by atoms with Gasteiger partial charge in [-0.1, -0.05) is 35.0 Å². The van der Waals surface area contributed by atoms with E-state index in [1.54, 1.807) is 48.5 Å². The summed E-state index contributed by atoms with van der Waals surface area (Å²) < 4.78 is 48.7. The van der Waals surface area contributed by atoms with Crippen molar-refractivity contribution in [1.82, 2.24) is 0 Å². The van der Waals surface area contributed by atoms with Crippen molar-refractivity contribution in [3.8, 4) is 11.5 Å². The number of methoxy groups -OCH3 is 1. The van der Waals surface area contributed by atoms with Crippen molar-refractivity contribution in [3.63, 3.8) is 0 Å². The first-order chi connectivity index (χ1) is 20.7. The lowest BCUT2D eigenvalue weighted by atomic mass is 9.99. The second kappa shape index (κ2) is 11.6. The summed E-state index contributed by atoms with van der Waals surface area (Å²) in [5, 5.41) is 16.8. The van der Waals surface area contributed by atoms with Crippen molar-refractivity contribution in [2.45, 2.75) is 50.1 Å². The van der Waals surface area contributed by atoms with E-state index in [1.807, 2.05) is 0 Å². The van der Waals surface area contributed by atoms with E-state index in [0.717, 1.165) is 18.4 Å². The third kappa shape index (κ3) is 6.70. The van der Waals surface area contributed by atoms with E-state index < -0.39 is 35.6 Å². The number of carbonyl (C=O) groups is 2. The van der Waals surface area contributed by atoms with Gasteiger partial charge in [0, 0.05) is 40.4 Å². The quantitative estimate of drug-likeness (QED) is 0.189. The van der Waals surface area contributed by atoms with E-state index in [0.29, 0.717) is 39.8 Å². The number of benzene rings is 3. The van der Waals surface area contributed by atoms with Crippen molar-refractivity contribution in [2.75, 3.05) is 23.9 Å². The molecule has 1 aliphatic heterocycles. The molecule has 0 saturated heterocycles. The number of anilines is 2. The van der Waals surface area contributed by atoms with Crippen molar-refractivity contribution >= 4 is 41.1 Å². The normalized spacial score (nSPS) is 16.0. The Balaban J connectivity index is 1.49. The van der Waals surface area contributed by atoms with Gasteiger partial charge in [-0.3, -0.25) is 4.79 Å². The maximum Gasteiger partial charge on any atom is 0.573 e. The topological polar surface area (TPSA) is 110 Å². The van der Waals surface area contributed by atoms with Crippen molar-refractivity contribution < 1.29 is 42.2 Å². The average Bonchev–Trinajstić information content (AvgIpc) is 3.67. The fourth-order valence-corrected chi connectivity index (χ4v) is 5.18. The van der Waals surface area contributed by atoms with E-state index in [1.165, 1.54) is 44.2 Å². The minimum Gasteiger partial charge on any atom is -0.497 e. The molecule has 13 heteroatoms. The first-order valence-corrected chi connectivity index (χ1v) is 14.0. The molecule has 1 aliphatic carbocycles. The Morgan fingerprint density at radius 1 is 1.07 bits per heavy atom. The number of hydrogen-bond donors (Lipinski definition) is 2. The second-order valence-corrected chi connectivity index (χ2v) is 11.6. The molecule has 0 aromatic heterocycles. The van der Waals surface area contributed by atoms with Gasteiger partial charge in [0.05, 0.1) is 19.0 Å². The Kier molecular flexibility index (Phi) is 8.15. The van der Waals surface area contributed by atoms with E-state index in [-0.39, 0.29) is 5.41 Å². The fourth-order valence-electron chi connectivity index (χ4n) is 5.05. The molecular weight excluding hydrogens is 603 g/mol. The van der Waals surface area contributed by atoms with Gasteiger partial charge in [-0.15, -0.1) is 13.2 Å². The summed E-state index contributed by atoms with van der Waals surface area (Å²) in [7, 11) is 1.46. The van der Waals surface area contributed by atoms with Crippen LogP contribution in [0.5, 0.6) is 11.5 Å². The van der Waals surface area contributed by atoms with Crippen molar-refractivity contribution in [1.29, 1.82) is 0 Å². The molecule has 1 unspecified atom stereocenters. The maximum absolute atomic E-state index is 14.3. The summed E-state index contributed by atoms with van der Waals surface area (Å²) in [6.45, 7) is 3.02. The summed E-state index contributed by atoms with van der Waals surface area (Å²) in [5.74, 6) is -1.59. The minimum absolute atomic E-state index is 0.310. The van der Waals surface area contributed by atoms with Gasteiger partial charge in [-0.2, -0.15) is 0 Å². The molecule has 44 heavy (non-hydrogen) atoms. The Morgan fingerprint density at radius 3 is 2.39 bits per heavy atom. The van der Waals surface area contributed by atoms with Crippen molar-refractivity contribution in [3.05, 3.63) is 82.4 Å². The number of amides is 1. The van der Waals surface area contributed by atoms with Gasteiger partial charge in [0.1, 0.15) is 17.5 Å². The molecule has 5 rings (SSSR count). The molecular formula is C31H29ClF3N3O6. The summed E-state index contributed by atoms with van der Waals surface area (Å²) in [4.78, 5) is 32.3. The number of halogens is 4. The van der Waals surface area contributed by atoms with Crippen LogP contribution < -0.4 is 19.7 Å². The number of fused-ring (bicyclic) bond motifs is 2. The van der Waals surface area contributed by atoms with Crippen LogP contribution in [0.1, 0.15) is 49.4 Å². The highest BCUT2D eigenvalue weighted by Gasteiger charge is 2.54. The van der Waals surface area contributed by atoms with Crippen LogP contribution in [0, 0.1) is 0 Å². The van der Waals surface area contributed by atoms with Crippen LogP contribution in [0.4, 0.5) is 24.5 Å². The second-order valence-electron chi connectivity index (χ2n) is 11.2. The van der Waals surface area contributed by atoms with E-state index in [4.69, 9.17) is 21.2 Å². The Hall–Kier alpha value is -4.45. The highest BCUT2D eigenvalue weighted by atomic mass is 35.5. The van der Waals surface area contributed by atoms with Gasteiger partial charge in [-0.05, 0) is 68.1 Å². The first kappa shape index (κ1) is 31.0. The van der Waals surface area contributed by atoms with Gasteiger partial charge in [-0.25, -0.2) is 4.79 Å². The number of carboxylic acids is 1. The highest BCUT2D eigenvalue weighted by molar-refractivity contribution is 6.30. The molecule has 0 bridgehead atoms. The summed E-state index contributed by atoms with van der Waals surface area (Å²) in [6, 6.07) is 14.8. The summed E-state index contributed by atoms with van der Waals surface area (Å²) in [6.07, 6.45) is -1.95. The van der Waals surface area contributed by atoms with Gasteiger partial charge in [0.15, 0.2) is 0 Å². The van der Waals surface area contributed by atoms with Crippen LogP contribution in [0.2, 0.25) is 5.02 Å². The lowest BCUT2D eigenvalue weighted by molar-refractivity contribution is -0.274. The number of carboxylic acid groups (broad SMARTS) is 1. The molecule has 1 fully saturated rings. The van der Waals surface area contributed by atoms with Crippen LogP contribution in [0.25, 0.3) is 0 Å². The highest BCUT2D eigenvalue weighted by Crippen LogP contribution is 2.57. The van der Waals surface area contributed by atoms with Gasteiger partial charge >= 0.3 is 12.3 Å². The maximum atomic E-state index is 14.3. The van der Waals surface area contributed by atoms with Crippen LogP contribution in [-0.2, 0) is 19.8 Å². The molecule has 1 amide bonds. The predicted molar refractivity (Wildman–Crippen MR) is 158 cm³/mol. The Labute approximate surface area is 256 Å². The summed E-state index contributed by atoms with van der Waals surface area (Å²) in [5.41, 5.74) is 0.795. The number of carbonyl (C=O) groups excluding carboxylic acids is 1. The molecule has 0 radical (unpaired) electrons. The smallest absolute Gasteiger partial charge is 0.497 e. The zero-order chi connectivity index (χ0) is 31.9. The number of alkyl halides is 3. The standard InChI is InChI=1S/C31H29ClF3N3O6/c1-29(2,28(40)41)44-36-16-18-12-21(14-23(13-18)42-3)37-26(19-4-6-20(32)7-5-19)27(39)38-17-30(10-11-30)24-9-8-22(15-25(24)38)43-31(33,34)35/h4-9,12-16,26,37H,10-11,17H2,1-3H3,(H,40,41)/b36-16+. The van der Waals surface area contributed by atoms with Gasteiger partial charge in [0.2, 0.25) is 5.60 Å². The average molecular weight is 632 g/mol. The summed E-state index contributed by atoms with van der Waals surface area (Å²) >= 11 is 6.13. The van der Waals surface area contributed by atoms with Crippen LogP contribution in [0.3, 0.4) is 0 Å². The molecule has 232 valence electrons. The third-order valence-electron chi connectivity index (χ3n) is 7.57. The van der Waals surface area contributed by atoms with E-state index in [2.05, 4.69) is 15.2 Å². The zero-order valence-corrected chi connectivity index (χ0v) is 24.7. The number of hydrogen-bond acceptors (Lipinski definition) is 7. The van der Waals surface area contributed by atoms with Crippen molar-refractivity contribution in [2.24, 2.45) is 5.16 Å². The molecule has 2 aliphatic rings. The number of rotatable bonds is 10. The molecule has 3 aromatic rings. The molecule has 1 saturated carbocycles. The Morgan fingerprint density at radius 2 is 1.77 bits per heavy atom. The fraction of sp³-hybridized carbons (Fsp3) is 0.323. The van der Waals surface area contributed by atoms with Crippen LogP contribution in [0.15, 0.2) is 65.8 Å². The lowest BCUT2D eigenvalue weighted by Gasteiger charge is -2.27. The molecule has 1 atom stereocenters. The molecule has 9 nitrogen and oxygen atoms in total. The van der Waals surface area contributed by atoms with Gasteiger partial charge in [0.25, 0.3) is 5.91 Å². The molecule has 2 N–H and O–H groups in total. The molecule has 1 spiro atoms. The molecule has 1 heterocycles. The van der Waals surface area contributed by atoms with Crippen LogP contribution in [-0.4, -0.2) is 48.8 Å². The number of aliphatic carboxylic acids is 1. The minimum atomic E-state index is -4.88. The zero-order valence-electron chi connectivity index (χ0n) is 23.9. The van der Waals surface area contributed by atoms with Gasteiger partial charge < -0.3 is 29.6 Å². The van der Waals surface area contributed by atoms with E-state index in [9.17, 15) is 27.9 Å². The predicted octanol–water partition coefficient (Wildman–Crippen LogP) is 6.69. The van der Waals surface area contributed by atoms with E-state index >= 15 is 0 Å². The number of ether oxygens (including phenoxy) is 2. The molecule has 3 aromatic carbocycles. The SMILES string of the molecule is COc1cc(/C=N/OC(C)(C)C(=O)O)cc(NC(C(=O)N2CC3(CC3)c3ccc(OC(F)(F)F)cc32)c2ccc(Cl)cc2)c1. The largest absolute Gasteiger partial charge is 0.573 e. The first-order valence-electron chi connectivity index (χ1n) is 13.6. The number of nitrogens with one attached hydrogen (secondary N) is 1. The number of oxime groups is 1.